The van der Waals surface area contributed by atoms with Gasteiger partial charge in [-0.05, 0) is 47.5 Å². The quantitative estimate of drug-likeness (QED) is 0.674. The predicted molar refractivity (Wildman–Crippen MR) is 101 cm³/mol. The maximum absolute atomic E-state index is 12.4. The van der Waals surface area contributed by atoms with Crippen LogP contribution in [0.15, 0.2) is 47.2 Å². The van der Waals surface area contributed by atoms with Crippen LogP contribution in [0.5, 0.6) is 0 Å². The fraction of sp³-hybridized carbons (Fsp3) is 0.235. The number of carbonyl (C=O) groups is 1. The maximum atomic E-state index is 12.4. The number of hydrogen-bond donors (Lipinski definition) is 1. The molecule has 0 bridgehead atoms. The van der Waals surface area contributed by atoms with Gasteiger partial charge in [-0.2, -0.15) is 10.2 Å². The smallest absolute Gasteiger partial charge is 0.250 e. The first-order valence-corrected chi connectivity index (χ1v) is 8.89. The summed E-state index contributed by atoms with van der Waals surface area (Å²) in [6.07, 6.45) is 3.40. The summed E-state index contributed by atoms with van der Waals surface area (Å²) in [5.74, 6) is 0.339. The van der Waals surface area contributed by atoms with Crippen LogP contribution >= 0.6 is 27.5 Å². The molecule has 1 unspecified atom stereocenters. The zero-order valence-corrected chi connectivity index (χ0v) is 16.1. The summed E-state index contributed by atoms with van der Waals surface area (Å²) < 4.78 is 4.25. The number of carbonyl (C=O) groups excluding carboxylic acids is 1. The van der Waals surface area contributed by atoms with E-state index in [1.54, 1.807) is 24.0 Å². The molecule has 3 rings (SSSR count). The Hall–Kier alpha value is -2.12. The number of nitrogens with zero attached hydrogens (tertiary/aromatic N) is 4. The van der Waals surface area contributed by atoms with Crippen LogP contribution in [0.1, 0.15) is 24.2 Å². The number of rotatable bonds is 5. The van der Waals surface area contributed by atoms with Gasteiger partial charge in [-0.1, -0.05) is 23.7 Å². The second-order valence-electron chi connectivity index (χ2n) is 5.76. The molecule has 0 saturated carbocycles. The van der Waals surface area contributed by atoms with Gasteiger partial charge in [0, 0.05) is 23.0 Å². The first-order chi connectivity index (χ1) is 11.9. The molecule has 1 atom stereocenters. The van der Waals surface area contributed by atoms with Crippen LogP contribution in [0.4, 0.5) is 5.82 Å². The van der Waals surface area contributed by atoms with Crippen molar-refractivity contribution in [2.24, 2.45) is 0 Å². The molecule has 0 saturated heterocycles. The van der Waals surface area contributed by atoms with Crippen molar-refractivity contribution >= 4 is 39.3 Å². The monoisotopic (exact) mass is 421 g/mol. The van der Waals surface area contributed by atoms with Crippen molar-refractivity contribution < 1.29 is 4.79 Å². The van der Waals surface area contributed by atoms with Gasteiger partial charge in [0.1, 0.15) is 6.04 Å². The molecule has 2 heterocycles. The molecule has 0 aliphatic carbocycles. The lowest BCUT2D eigenvalue weighted by atomic mass is 10.2. The summed E-state index contributed by atoms with van der Waals surface area (Å²) in [6.45, 7) is 4.32. The van der Waals surface area contributed by atoms with Crippen molar-refractivity contribution in [2.45, 2.75) is 26.4 Å². The second-order valence-corrected chi connectivity index (χ2v) is 7.11. The van der Waals surface area contributed by atoms with E-state index in [1.165, 1.54) is 0 Å². The standard InChI is InChI=1S/C17H17BrClN5O/c1-11-6-16(21-17(25)12(2)24-10-14(18)8-20-24)22-23(11)9-13-4-3-5-15(19)7-13/h3-8,10,12H,9H2,1-2H3,(H,21,22,25). The molecule has 0 radical (unpaired) electrons. The third-order valence-corrected chi connectivity index (χ3v) is 4.44. The summed E-state index contributed by atoms with van der Waals surface area (Å²) in [5.41, 5.74) is 2.00. The Morgan fingerprint density at radius 1 is 1.40 bits per heavy atom. The lowest BCUT2D eigenvalue weighted by Gasteiger charge is -2.11. The summed E-state index contributed by atoms with van der Waals surface area (Å²) in [7, 11) is 0. The molecule has 1 N–H and O–H groups in total. The van der Waals surface area contributed by atoms with Crippen molar-refractivity contribution in [3.63, 3.8) is 0 Å². The average Bonchev–Trinajstić information content (AvgIpc) is 3.13. The van der Waals surface area contributed by atoms with Gasteiger partial charge >= 0.3 is 0 Å². The highest BCUT2D eigenvalue weighted by Crippen LogP contribution is 2.17. The van der Waals surface area contributed by atoms with E-state index in [-0.39, 0.29) is 5.91 Å². The Morgan fingerprint density at radius 3 is 2.88 bits per heavy atom. The number of anilines is 1. The van der Waals surface area contributed by atoms with Crippen molar-refractivity contribution in [3.8, 4) is 0 Å². The van der Waals surface area contributed by atoms with Gasteiger partial charge in [-0.15, -0.1) is 0 Å². The molecule has 130 valence electrons. The largest absolute Gasteiger partial charge is 0.307 e. The highest BCUT2D eigenvalue weighted by atomic mass is 79.9. The molecular weight excluding hydrogens is 406 g/mol. The number of benzene rings is 1. The maximum Gasteiger partial charge on any atom is 0.250 e. The minimum Gasteiger partial charge on any atom is -0.307 e. The number of nitrogens with one attached hydrogen (secondary N) is 1. The van der Waals surface area contributed by atoms with E-state index in [0.717, 1.165) is 15.7 Å². The van der Waals surface area contributed by atoms with Gasteiger partial charge in [0.25, 0.3) is 0 Å². The Bertz CT molecular complexity index is 904. The van der Waals surface area contributed by atoms with Crippen LogP contribution in [0.25, 0.3) is 0 Å². The van der Waals surface area contributed by atoms with Crippen LogP contribution in [0.2, 0.25) is 5.02 Å². The normalized spacial score (nSPS) is 12.2. The second kappa shape index (κ2) is 7.41. The van der Waals surface area contributed by atoms with Crippen molar-refractivity contribution in [1.29, 1.82) is 0 Å². The summed E-state index contributed by atoms with van der Waals surface area (Å²) in [4.78, 5) is 12.4. The molecule has 1 amide bonds. The van der Waals surface area contributed by atoms with Crippen LogP contribution in [0.3, 0.4) is 0 Å². The SMILES string of the molecule is Cc1cc(NC(=O)C(C)n2cc(Br)cn2)nn1Cc1cccc(Cl)c1. The Labute approximate surface area is 158 Å². The molecule has 0 aliphatic rings. The van der Waals surface area contributed by atoms with Gasteiger partial charge in [-0.25, -0.2) is 0 Å². The first kappa shape index (κ1) is 17.7. The van der Waals surface area contributed by atoms with E-state index in [1.807, 2.05) is 41.9 Å². The van der Waals surface area contributed by atoms with Crippen LogP contribution < -0.4 is 5.32 Å². The van der Waals surface area contributed by atoms with Crippen LogP contribution in [-0.2, 0) is 11.3 Å². The van der Waals surface area contributed by atoms with Crippen LogP contribution in [-0.4, -0.2) is 25.5 Å². The summed E-state index contributed by atoms with van der Waals surface area (Å²) >= 11 is 9.35. The zero-order valence-electron chi connectivity index (χ0n) is 13.8. The molecule has 0 aliphatic heterocycles. The molecule has 0 spiro atoms. The lowest BCUT2D eigenvalue weighted by Crippen LogP contribution is -2.24. The molecule has 8 heteroatoms. The summed E-state index contributed by atoms with van der Waals surface area (Å²) in [5, 5.41) is 12.1. The minimum absolute atomic E-state index is 0.178. The highest BCUT2D eigenvalue weighted by molar-refractivity contribution is 9.10. The van der Waals surface area contributed by atoms with Crippen molar-refractivity contribution in [3.05, 3.63) is 63.5 Å². The molecular formula is C17H17BrClN5O. The summed E-state index contributed by atoms with van der Waals surface area (Å²) in [6, 6.07) is 9.03. The topological polar surface area (TPSA) is 64.7 Å². The predicted octanol–water partition coefficient (Wildman–Crippen LogP) is 4.05. The third kappa shape index (κ3) is 4.29. The van der Waals surface area contributed by atoms with Crippen molar-refractivity contribution in [1.82, 2.24) is 19.6 Å². The van der Waals surface area contributed by atoms with E-state index in [2.05, 4.69) is 31.4 Å². The van der Waals surface area contributed by atoms with E-state index in [9.17, 15) is 4.79 Å². The first-order valence-electron chi connectivity index (χ1n) is 7.72. The van der Waals surface area contributed by atoms with E-state index in [4.69, 9.17) is 11.6 Å². The molecule has 6 nitrogen and oxygen atoms in total. The van der Waals surface area contributed by atoms with E-state index < -0.39 is 6.04 Å². The molecule has 25 heavy (non-hydrogen) atoms. The van der Waals surface area contributed by atoms with Gasteiger partial charge in [0.2, 0.25) is 5.91 Å². The number of hydrogen-bond acceptors (Lipinski definition) is 3. The molecule has 1 aromatic carbocycles. The Kier molecular flexibility index (Phi) is 5.24. The van der Waals surface area contributed by atoms with Crippen LogP contribution in [0, 0.1) is 6.92 Å². The third-order valence-electron chi connectivity index (χ3n) is 3.80. The number of halogens is 2. The lowest BCUT2D eigenvalue weighted by molar-refractivity contribution is -0.119. The average molecular weight is 423 g/mol. The van der Waals surface area contributed by atoms with Gasteiger partial charge < -0.3 is 5.32 Å². The zero-order chi connectivity index (χ0) is 18.0. The number of amides is 1. The number of aryl methyl sites for hydroxylation is 1. The van der Waals surface area contributed by atoms with E-state index >= 15 is 0 Å². The molecule has 0 fully saturated rings. The Balaban J connectivity index is 1.70. The van der Waals surface area contributed by atoms with Gasteiger partial charge in [-0.3, -0.25) is 14.2 Å². The molecule has 3 aromatic rings. The highest BCUT2D eigenvalue weighted by Gasteiger charge is 2.17. The fourth-order valence-corrected chi connectivity index (χ4v) is 2.93. The fourth-order valence-electron chi connectivity index (χ4n) is 2.42. The number of aromatic nitrogens is 4. The molecule has 2 aromatic heterocycles. The van der Waals surface area contributed by atoms with Gasteiger partial charge in [0.15, 0.2) is 5.82 Å². The van der Waals surface area contributed by atoms with Crippen molar-refractivity contribution in [2.75, 3.05) is 5.32 Å². The van der Waals surface area contributed by atoms with Gasteiger partial charge in [0.05, 0.1) is 17.2 Å². The Morgan fingerprint density at radius 2 is 2.20 bits per heavy atom. The minimum atomic E-state index is -0.440. The van der Waals surface area contributed by atoms with E-state index in [0.29, 0.717) is 17.4 Å².